The summed E-state index contributed by atoms with van der Waals surface area (Å²) in [5, 5.41) is 14.1. The minimum absolute atomic E-state index is 0.0134. The quantitative estimate of drug-likeness (QED) is 0.226. The van der Waals surface area contributed by atoms with Crippen LogP contribution in [0.2, 0.25) is 0 Å². The van der Waals surface area contributed by atoms with Crippen LogP contribution < -0.4 is 19.5 Å². The Labute approximate surface area is 337 Å². The lowest BCUT2D eigenvalue weighted by Gasteiger charge is -2.42. The first-order valence-corrected chi connectivity index (χ1v) is 21.7. The number of nitrogens with one attached hydrogen (secondary N) is 2. The van der Waals surface area contributed by atoms with Gasteiger partial charge in [-0.1, -0.05) is 39.0 Å². The molecule has 17 heteroatoms. The first kappa shape index (κ1) is 41.6. The van der Waals surface area contributed by atoms with Crippen LogP contribution in [-0.2, 0) is 30.8 Å². The Hall–Kier alpha value is -4.54. The number of pyridine rings is 1. The summed E-state index contributed by atoms with van der Waals surface area (Å²) >= 11 is 0. The van der Waals surface area contributed by atoms with Gasteiger partial charge in [-0.05, 0) is 95.2 Å². The summed E-state index contributed by atoms with van der Waals surface area (Å²) in [6.45, 7) is 9.92. The van der Waals surface area contributed by atoms with E-state index in [2.05, 4.69) is 15.0 Å². The van der Waals surface area contributed by atoms with Gasteiger partial charge in [0.2, 0.25) is 21.8 Å². The highest BCUT2D eigenvalue weighted by atomic mass is 32.2. The highest BCUT2D eigenvalue weighted by Crippen LogP contribution is 2.52. The number of sulfonamides is 1. The fourth-order valence-electron chi connectivity index (χ4n) is 8.96. The van der Waals surface area contributed by atoms with E-state index in [1.165, 1.54) is 13.1 Å². The summed E-state index contributed by atoms with van der Waals surface area (Å²) < 4.78 is 74.8. The SMILES string of the molecule is CCC(C)N(C(=O)O)[C@@H]1C(=O)N2[C@@H](C[C@@](C)(Oc3nccc4c5c(ccc34)CCO5)C2(F)F)C(=O)N[C@]2(C(=O)NS(=O)(=O)C3(C)CC3)C[C@H]2/C=C\CC[C@H](C)C[C@H]1C. The zero-order chi connectivity index (χ0) is 42.2. The van der Waals surface area contributed by atoms with Gasteiger partial charge in [0.1, 0.15) is 23.4 Å². The molecule has 4 amide bonds. The first-order valence-electron chi connectivity index (χ1n) is 20.2. The molecule has 1 aromatic heterocycles. The second-order valence-electron chi connectivity index (χ2n) is 17.5. The number of nitrogens with zero attached hydrogens (tertiary/aromatic N) is 3. The van der Waals surface area contributed by atoms with Crippen LogP contribution in [0.1, 0.15) is 98.5 Å². The van der Waals surface area contributed by atoms with E-state index in [-0.39, 0.29) is 29.5 Å². The number of aromatic nitrogens is 1. The number of benzene rings is 1. The molecule has 2 aromatic rings. The summed E-state index contributed by atoms with van der Waals surface area (Å²) in [6.07, 6.45) is 5.70. The Morgan fingerprint density at radius 3 is 2.55 bits per heavy atom. The molecule has 1 saturated heterocycles. The zero-order valence-corrected chi connectivity index (χ0v) is 34.5. The molecular weight excluding hydrogens is 777 g/mol. The molecule has 3 aliphatic heterocycles. The molecule has 0 spiro atoms. The lowest BCUT2D eigenvalue weighted by molar-refractivity contribution is -0.219. The molecular formula is C41H53F2N5O9S. The lowest BCUT2D eigenvalue weighted by atomic mass is 9.86. The topological polar surface area (TPSA) is 185 Å². The van der Waals surface area contributed by atoms with Crippen LogP contribution in [0, 0.1) is 17.8 Å². The fraction of sp³-hybridized carbons (Fsp3) is 0.634. The molecule has 8 atom stereocenters. The van der Waals surface area contributed by atoms with E-state index >= 15 is 13.6 Å². The Kier molecular flexibility index (Phi) is 10.5. The second kappa shape index (κ2) is 14.6. The molecule has 7 rings (SSSR count). The van der Waals surface area contributed by atoms with Crippen molar-refractivity contribution in [1.82, 2.24) is 24.8 Å². The Morgan fingerprint density at radius 2 is 1.88 bits per heavy atom. The molecule has 316 valence electrons. The minimum atomic E-state index is -4.26. The predicted molar refractivity (Wildman–Crippen MR) is 209 cm³/mol. The number of ether oxygens (including phenoxy) is 2. The Bertz CT molecular complexity index is 2170. The van der Waals surface area contributed by atoms with Gasteiger partial charge in [-0.3, -0.25) is 28.9 Å². The third kappa shape index (κ3) is 6.93. The number of carboxylic acid groups (broad SMARTS) is 1. The van der Waals surface area contributed by atoms with Crippen molar-refractivity contribution in [3.05, 3.63) is 42.1 Å². The molecule has 5 aliphatic rings. The van der Waals surface area contributed by atoms with Crippen LogP contribution in [0.5, 0.6) is 11.6 Å². The van der Waals surface area contributed by atoms with E-state index in [1.807, 2.05) is 13.0 Å². The van der Waals surface area contributed by atoms with E-state index in [0.29, 0.717) is 61.7 Å². The lowest BCUT2D eigenvalue weighted by Crippen LogP contribution is -2.64. The van der Waals surface area contributed by atoms with Crippen LogP contribution in [0.3, 0.4) is 0 Å². The molecule has 1 aromatic carbocycles. The standard InChI is InChI=1S/C41H53F2N5O9S/c1-7-25(4)47(37(52)53)31-24(3)20-23(2)10-8-9-11-27-21-40(27,36(51)46-58(54,55)38(5)16-17-38)45-33(49)30-22-39(6,41(42,43)48(30)35(31)50)57-34-29-13-12-26-15-19-56-32(26)28(29)14-18-44-34/h9,11-14,18,23-25,27,30-31H,7-8,10,15-17,19-22H2,1-6H3,(H,45,49)(H,46,51)(H,52,53)/b11-9-/t23-,24+,25?,27+,30-,31-,39+,40+/m0/s1. The maximum Gasteiger partial charge on any atom is 0.408 e. The first-order chi connectivity index (χ1) is 27.2. The average molecular weight is 830 g/mol. The van der Waals surface area contributed by atoms with E-state index in [0.717, 1.165) is 17.4 Å². The van der Waals surface area contributed by atoms with Gasteiger partial charge in [-0.15, -0.1) is 0 Å². The number of carbonyl (C=O) groups excluding carboxylic acids is 3. The number of halogens is 2. The summed E-state index contributed by atoms with van der Waals surface area (Å²) in [6, 6.07) is -3.49. The molecule has 1 unspecified atom stereocenters. The van der Waals surface area contributed by atoms with Crippen molar-refractivity contribution < 1.29 is 51.0 Å². The number of fused-ring (bicyclic) bond motifs is 5. The summed E-state index contributed by atoms with van der Waals surface area (Å²) in [7, 11) is -4.16. The van der Waals surface area contributed by atoms with Gasteiger partial charge in [-0.25, -0.2) is 18.2 Å². The van der Waals surface area contributed by atoms with E-state index in [9.17, 15) is 27.9 Å². The monoisotopic (exact) mass is 829 g/mol. The molecule has 58 heavy (non-hydrogen) atoms. The van der Waals surface area contributed by atoms with E-state index in [4.69, 9.17) is 9.47 Å². The molecule has 0 bridgehead atoms. The van der Waals surface area contributed by atoms with Gasteiger partial charge < -0.3 is 19.9 Å². The predicted octanol–water partition coefficient (Wildman–Crippen LogP) is 5.53. The van der Waals surface area contributed by atoms with Gasteiger partial charge in [0.25, 0.3) is 11.8 Å². The van der Waals surface area contributed by atoms with Crippen LogP contribution in [0.25, 0.3) is 10.8 Å². The third-order valence-electron chi connectivity index (χ3n) is 13.2. The Morgan fingerprint density at radius 1 is 1.16 bits per heavy atom. The minimum Gasteiger partial charge on any atom is -0.492 e. The van der Waals surface area contributed by atoms with Gasteiger partial charge in [-0.2, -0.15) is 8.78 Å². The highest BCUT2D eigenvalue weighted by Gasteiger charge is 2.71. The number of hydrogen-bond acceptors (Lipinski definition) is 9. The summed E-state index contributed by atoms with van der Waals surface area (Å²) in [5.41, 5.74) is -3.51. The zero-order valence-electron chi connectivity index (χ0n) is 33.7. The van der Waals surface area contributed by atoms with Crippen molar-refractivity contribution in [3.63, 3.8) is 0 Å². The summed E-state index contributed by atoms with van der Waals surface area (Å²) in [4.78, 5) is 62.1. The van der Waals surface area contributed by atoms with Crippen molar-refractivity contribution in [3.8, 4) is 11.6 Å². The normalized spacial score (nSPS) is 32.6. The molecule has 0 radical (unpaired) electrons. The van der Waals surface area contributed by atoms with Crippen molar-refractivity contribution in [2.24, 2.45) is 17.8 Å². The van der Waals surface area contributed by atoms with E-state index in [1.54, 1.807) is 45.0 Å². The largest absolute Gasteiger partial charge is 0.492 e. The molecule has 2 aliphatic carbocycles. The fourth-order valence-corrected chi connectivity index (χ4v) is 10.3. The maximum atomic E-state index is 17.7. The average Bonchev–Trinajstić information content (AvgIpc) is 3.99. The van der Waals surface area contributed by atoms with Crippen molar-refractivity contribution >= 4 is 44.6 Å². The summed E-state index contributed by atoms with van der Waals surface area (Å²) in [5.74, 6) is -4.57. The van der Waals surface area contributed by atoms with Crippen molar-refractivity contribution in [2.45, 2.75) is 139 Å². The van der Waals surface area contributed by atoms with Crippen LogP contribution in [0.15, 0.2) is 36.5 Å². The molecule has 2 saturated carbocycles. The Balaban J connectivity index is 1.34. The number of hydrogen-bond donors (Lipinski definition) is 3. The number of carbonyl (C=O) groups is 4. The van der Waals surface area contributed by atoms with E-state index < -0.39 is 92.2 Å². The van der Waals surface area contributed by atoms with Gasteiger partial charge in [0, 0.05) is 41.8 Å². The number of allylic oxidation sites excluding steroid dienone is 1. The van der Waals surface area contributed by atoms with Gasteiger partial charge in [0.05, 0.1) is 11.4 Å². The van der Waals surface area contributed by atoms with Crippen LogP contribution in [-0.4, -0.2) is 98.8 Å². The molecule has 4 heterocycles. The second-order valence-corrected chi connectivity index (χ2v) is 19.7. The molecule has 3 N–H and O–H groups in total. The van der Waals surface area contributed by atoms with Crippen LogP contribution in [0.4, 0.5) is 13.6 Å². The number of alkyl halides is 2. The number of amides is 4. The van der Waals surface area contributed by atoms with Crippen LogP contribution >= 0.6 is 0 Å². The highest BCUT2D eigenvalue weighted by molar-refractivity contribution is 7.91. The maximum absolute atomic E-state index is 17.7. The van der Waals surface area contributed by atoms with Gasteiger partial charge in [0.15, 0.2) is 5.60 Å². The van der Waals surface area contributed by atoms with Crippen molar-refractivity contribution in [1.29, 1.82) is 0 Å². The number of rotatable bonds is 8. The third-order valence-corrected chi connectivity index (χ3v) is 15.4. The smallest absolute Gasteiger partial charge is 0.408 e. The molecule has 14 nitrogen and oxygen atoms in total. The molecule has 3 fully saturated rings. The van der Waals surface area contributed by atoms with Crippen molar-refractivity contribution in [2.75, 3.05) is 6.61 Å². The van der Waals surface area contributed by atoms with Gasteiger partial charge >= 0.3 is 12.1 Å².